The quantitative estimate of drug-likeness (QED) is 0.782. The highest BCUT2D eigenvalue weighted by Gasteiger charge is 2.34. The number of hydrogen-bond acceptors (Lipinski definition) is 4. The molecular formula is C18H16ClF3N2O4S. The van der Waals surface area contributed by atoms with Crippen molar-refractivity contribution in [2.24, 2.45) is 0 Å². The molecule has 6 nitrogen and oxygen atoms in total. The lowest BCUT2D eigenvalue weighted by Crippen LogP contribution is -2.50. The van der Waals surface area contributed by atoms with Crippen molar-refractivity contribution in [2.45, 2.75) is 11.1 Å². The number of carbonyl (C=O) groups is 1. The Bertz CT molecular complexity index is 1040. The van der Waals surface area contributed by atoms with Gasteiger partial charge in [-0.15, -0.1) is 0 Å². The van der Waals surface area contributed by atoms with Gasteiger partial charge in [0.05, 0.1) is 16.0 Å². The number of carbonyl (C=O) groups excluding carboxylic acids is 1. The van der Waals surface area contributed by atoms with E-state index in [0.717, 1.165) is 22.5 Å². The number of rotatable bonds is 3. The Hall–Kier alpha value is -2.30. The van der Waals surface area contributed by atoms with Gasteiger partial charge >= 0.3 is 6.18 Å². The predicted molar refractivity (Wildman–Crippen MR) is 99.2 cm³/mol. The summed E-state index contributed by atoms with van der Waals surface area (Å²) in [6, 6.07) is 7.55. The Labute approximate surface area is 170 Å². The second-order valence-corrected chi connectivity index (χ2v) is 8.76. The van der Waals surface area contributed by atoms with Gasteiger partial charge in [0.2, 0.25) is 10.0 Å². The van der Waals surface area contributed by atoms with Crippen molar-refractivity contribution in [1.29, 1.82) is 0 Å². The zero-order valence-electron chi connectivity index (χ0n) is 14.9. The fourth-order valence-electron chi connectivity index (χ4n) is 2.96. The number of nitrogens with zero attached hydrogens (tertiary/aromatic N) is 2. The molecule has 0 aromatic heterocycles. The number of sulfonamides is 1. The lowest BCUT2D eigenvalue weighted by molar-refractivity contribution is -0.137. The monoisotopic (exact) mass is 448 g/mol. The van der Waals surface area contributed by atoms with Gasteiger partial charge in [0.1, 0.15) is 5.75 Å². The number of halogens is 4. The van der Waals surface area contributed by atoms with Crippen LogP contribution in [0.3, 0.4) is 0 Å². The number of aromatic hydroxyl groups is 1. The van der Waals surface area contributed by atoms with Crippen LogP contribution in [-0.2, 0) is 16.2 Å². The minimum absolute atomic E-state index is 0.00770. The van der Waals surface area contributed by atoms with Crippen LogP contribution in [0.4, 0.5) is 13.2 Å². The van der Waals surface area contributed by atoms with Crippen LogP contribution < -0.4 is 0 Å². The van der Waals surface area contributed by atoms with E-state index in [2.05, 4.69) is 0 Å². The van der Waals surface area contributed by atoms with Crippen molar-refractivity contribution >= 4 is 27.5 Å². The van der Waals surface area contributed by atoms with E-state index in [9.17, 15) is 31.5 Å². The molecule has 1 amide bonds. The molecule has 2 aromatic rings. The third kappa shape index (κ3) is 4.49. The standard InChI is InChI=1S/C18H16ClF3N2O4S/c19-13-4-5-16(25)15(11-13)17(26)23-6-8-24(9-7-23)29(27,28)14-3-1-2-12(10-14)18(20,21)22/h1-5,10-11,25H,6-9H2. The van der Waals surface area contributed by atoms with Crippen LogP contribution in [0.15, 0.2) is 47.4 Å². The molecule has 1 saturated heterocycles. The molecule has 1 fully saturated rings. The molecule has 1 aliphatic heterocycles. The van der Waals surface area contributed by atoms with Gasteiger partial charge in [0.25, 0.3) is 5.91 Å². The normalized spacial score (nSPS) is 16.1. The maximum atomic E-state index is 12.9. The second-order valence-electron chi connectivity index (χ2n) is 6.38. The highest BCUT2D eigenvalue weighted by atomic mass is 35.5. The lowest BCUT2D eigenvalue weighted by Gasteiger charge is -2.34. The highest BCUT2D eigenvalue weighted by Crippen LogP contribution is 2.31. The largest absolute Gasteiger partial charge is 0.507 e. The second kappa shape index (κ2) is 7.85. The Morgan fingerprint density at radius 2 is 1.69 bits per heavy atom. The van der Waals surface area contributed by atoms with E-state index in [1.165, 1.54) is 23.1 Å². The molecule has 0 spiro atoms. The molecule has 3 rings (SSSR count). The number of piperazine rings is 1. The summed E-state index contributed by atoms with van der Waals surface area (Å²) in [5.41, 5.74) is -1.06. The summed E-state index contributed by atoms with van der Waals surface area (Å²) in [6.45, 7) is -0.150. The van der Waals surface area contributed by atoms with Crippen molar-refractivity contribution in [1.82, 2.24) is 9.21 Å². The van der Waals surface area contributed by atoms with Gasteiger partial charge in [-0.2, -0.15) is 17.5 Å². The molecule has 0 unspecified atom stereocenters. The van der Waals surface area contributed by atoms with Crippen molar-refractivity contribution in [3.63, 3.8) is 0 Å². The number of phenolic OH excluding ortho intramolecular Hbond substituents is 1. The smallest absolute Gasteiger partial charge is 0.416 e. The van der Waals surface area contributed by atoms with E-state index in [4.69, 9.17) is 11.6 Å². The molecule has 0 atom stereocenters. The SMILES string of the molecule is O=C(c1cc(Cl)ccc1O)N1CCN(S(=O)(=O)c2cccc(C(F)(F)F)c2)CC1. The summed E-state index contributed by atoms with van der Waals surface area (Å²) in [7, 11) is -4.15. The number of phenols is 1. The van der Waals surface area contributed by atoms with Gasteiger partial charge < -0.3 is 10.0 Å². The topological polar surface area (TPSA) is 77.9 Å². The first-order valence-corrected chi connectivity index (χ1v) is 10.3. The number of amides is 1. The van der Waals surface area contributed by atoms with Crippen molar-refractivity contribution < 1.29 is 31.5 Å². The molecule has 2 aromatic carbocycles. The molecule has 0 saturated carbocycles. The Kier molecular flexibility index (Phi) is 5.79. The number of alkyl halides is 3. The highest BCUT2D eigenvalue weighted by molar-refractivity contribution is 7.89. The van der Waals surface area contributed by atoms with E-state index >= 15 is 0 Å². The summed E-state index contributed by atoms with van der Waals surface area (Å²) in [6.07, 6.45) is -4.66. The Morgan fingerprint density at radius 1 is 1.03 bits per heavy atom. The van der Waals surface area contributed by atoms with Crippen LogP contribution in [-0.4, -0.2) is 54.8 Å². The number of benzene rings is 2. The van der Waals surface area contributed by atoms with E-state index in [-0.39, 0.29) is 42.5 Å². The first-order valence-electron chi connectivity index (χ1n) is 8.45. The minimum Gasteiger partial charge on any atom is -0.507 e. The van der Waals surface area contributed by atoms with Gasteiger partial charge in [-0.3, -0.25) is 4.79 Å². The lowest BCUT2D eigenvalue weighted by atomic mass is 10.1. The molecule has 11 heteroatoms. The molecule has 0 bridgehead atoms. The third-order valence-corrected chi connectivity index (χ3v) is 6.64. The van der Waals surface area contributed by atoms with Gasteiger partial charge in [-0.1, -0.05) is 17.7 Å². The van der Waals surface area contributed by atoms with Crippen LogP contribution >= 0.6 is 11.6 Å². The van der Waals surface area contributed by atoms with Crippen molar-refractivity contribution in [2.75, 3.05) is 26.2 Å². The first kappa shape index (κ1) is 21.4. The van der Waals surface area contributed by atoms with Crippen LogP contribution in [0.1, 0.15) is 15.9 Å². The molecule has 0 radical (unpaired) electrons. The Morgan fingerprint density at radius 3 is 2.31 bits per heavy atom. The summed E-state index contributed by atoms with van der Waals surface area (Å²) in [5, 5.41) is 10.1. The predicted octanol–water partition coefficient (Wildman–Crippen LogP) is 3.21. The first-order chi connectivity index (χ1) is 13.5. The van der Waals surface area contributed by atoms with Crippen LogP contribution in [0, 0.1) is 0 Å². The van der Waals surface area contributed by atoms with Gasteiger partial charge in [0, 0.05) is 31.2 Å². The van der Waals surface area contributed by atoms with E-state index in [1.54, 1.807) is 0 Å². The zero-order chi connectivity index (χ0) is 21.4. The zero-order valence-corrected chi connectivity index (χ0v) is 16.4. The van der Waals surface area contributed by atoms with Crippen molar-refractivity contribution in [3.8, 4) is 5.75 Å². The Balaban J connectivity index is 1.75. The third-order valence-electron chi connectivity index (χ3n) is 4.51. The van der Waals surface area contributed by atoms with E-state index in [0.29, 0.717) is 6.07 Å². The summed E-state index contributed by atoms with van der Waals surface area (Å²) < 4.78 is 65.1. The summed E-state index contributed by atoms with van der Waals surface area (Å²) in [4.78, 5) is 13.5. The van der Waals surface area contributed by atoms with Crippen molar-refractivity contribution in [3.05, 3.63) is 58.6 Å². The molecular weight excluding hydrogens is 433 g/mol. The fourth-order valence-corrected chi connectivity index (χ4v) is 4.60. The molecule has 1 aliphatic rings. The maximum Gasteiger partial charge on any atom is 0.416 e. The maximum absolute atomic E-state index is 12.9. The van der Waals surface area contributed by atoms with Gasteiger partial charge in [0.15, 0.2) is 0 Å². The fraction of sp³-hybridized carbons (Fsp3) is 0.278. The molecule has 0 aliphatic carbocycles. The van der Waals surface area contributed by atoms with E-state index in [1.807, 2.05) is 0 Å². The molecule has 156 valence electrons. The van der Waals surface area contributed by atoms with Gasteiger partial charge in [-0.05, 0) is 36.4 Å². The average molecular weight is 449 g/mol. The summed E-state index contributed by atoms with van der Waals surface area (Å²) in [5.74, 6) is -0.764. The van der Waals surface area contributed by atoms with Crippen LogP contribution in [0.5, 0.6) is 5.75 Å². The molecule has 29 heavy (non-hydrogen) atoms. The number of hydrogen-bond donors (Lipinski definition) is 1. The summed E-state index contributed by atoms with van der Waals surface area (Å²) >= 11 is 5.85. The molecule has 1 N–H and O–H groups in total. The van der Waals surface area contributed by atoms with E-state index < -0.39 is 32.6 Å². The van der Waals surface area contributed by atoms with Crippen LogP contribution in [0.2, 0.25) is 5.02 Å². The average Bonchev–Trinajstić information content (AvgIpc) is 2.69. The minimum atomic E-state index is -4.66. The van der Waals surface area contributed by atoms with Crippen LogP contribution in [0.25, 0.3) is 0 Å². The van der Waals surface area contributed by atoms with Gasteiger partial charge in [-0.25, -0.2) is 8.42 Å². The molecule has 1 heterocycles.